The summed E-state index contributed by atoms with van der Waals surface area (Å²) >= 11 is 5.89. The number of rotatable bonds is 4. The van der Waals surface area contributed by atoms with Gasteiger partial charge in [-0.15, -0.1) is 0 Å². The van der Waals surface area contributed by atoms with E-state index in [9.17, 15) is 4.79 Å². The average Bonchev–Trinajstić information content (AvgIpc) is 2.43. The van der Waals surface area contributed by atoms with Gasteiger partial charge in [0, 0.05) is 18.1 Å². The van der Waals surface area contributed by atoms with Crippen molar-refractivity contribution in [2.75, 3.05) is 0 Å². The Bertz CT molecular complexity index is 547. The first kappa shape index (κ1) is 14.4. The highest BCUT2D eigenvalue weighted by Gasteiger charge is 2.01. The van der Waals surface area contributed by atoms with Crippen LogP contribution in [0, 0.1) is 6.92 Å². The lowest BCUT2D eigenvalue weighted by Gasteiger charge is -2.08. The van der Waals surface area contributed by atoms with Gasteiger partial charge in [0.2, 0.25) is 0 Å². The van der Waals surface area contributed by atoms with Crippen molar-refractivity contribution in [1.29, 1.82) is 0 Å². The van der Waals surface area contributed by atoms with Gasteiger partial charge >= 0.3 is 6.03 Å². The third-order valence-corrected chi connectivity index (χ3v) is 3.11. The van der Waals surface area contributed by atoms with Crippen molar-refractivity contribution in [3.63, 3.8) is 0 Å². The number of hydrogen-bond donors (Lipinski definition) is 2. The molecular formula is C16H17ClN2O. The van der Waals surface area contributed by atoms with E-state index in [1.165, 1.54) is 5.56 Å². The summed E-state index contributed by atoms with van der Waals surface area (Å²) < 4.78 is 0. The lowest BCUT2D eigenvalue weighted by atomic mass is 10.1. The van der Waals surface area contributed by atoms with E-state index in [4.69, 9.17) is 11.6 Å². The maximum atomic E-state index is 11.7. The van der Waals surface area contributed by atoms with E-state index >= 15 is 0 Å². The summed E-state index contributed by atoms with van der Waals surface area (Å²) in [6.07, 6.45) is 0. The molecule has 0 bridgehead atoms. The van der Waals surface area contributed by atoms with Gasteiger partial charge in [-0.2, -0.15) is 0 Å². The predicted molar refractivity (Wildman–Crippen MR) is 81.7 cm³/mol. The number of halogens is 1. The van der Waals surface area contributed by atoms with E-state index in [0.717, 1.165) is 11.1 Å². The summed E-state index contributed by atoms with van der Waals surface area (Å²) in [5, 5.41) is 6.30. The molecule has 0 atom stereocenters. The van der Waals surface area contributed by atoms with Crippen LogP contribution in [-0.2, 0) is 13.1 Å². The quantitative estimate of drug-likeness (QED) is 0.886. The fourth-order valence-corrected chi connectivity index (χ4v) is 2.11. The Balaban J connectivity index is 1.78. The molecule has 0 aliphatic carbocycles. The maximum Gasteiger partial charge on any atom is 0.315 e. The summed E-state index contributed by atoms with van der Waals surface area (Å²) in [5.74, 6) is 0. The standard InChI is InChI=1S/C16H17ClN2O/c1-12-4-2-5-13(8-12)10-18-16(20)19-11-14-6-3-7-15(17)9-14/h2-9H,10-11H2,1H3,(H2,18,19,20). The maximum absolute atomic E-state index is 11.7. The monoisotopic (exact) mass is 288 g/mol. The summed E-state index contributed by atoms with van der Waals surface area (Å²) in [5.41, 5.74) is 3.25. The Kier molecular flexibility index (Phi) is 5.02. The van der Waals surface area contributed by atoms with E-state index in [2.05, 4.69) is 16.7 Å². The minimum Gasteiger partial charge on any atom is -0.334 e. The molecule has 0 radical (unpaired) electrons. The Morgan fingerprint density at radius 2 is 1.60 bits per heavy atom. The number of urea groups is 1. The van der Waals surface area contributed by atoms with Crippen LogP contribution in [-0.4, -0.2) is 6.03 Å². The molecule has 2 aromatic carbocycles. The van der Waals surface area contributed by atoms with Crippen LogP contribution in [0.4, 0.5) is 4.79 Å². The van der Waals surface area contributed by atoms with Crippen LogP contribution in [0.1, 0.15) is 16.7 Å². The van der Waals surface area contributed by atoms with Gasteiger partial charge < -0.3 is 10.6 Å². The van der Waals surface area contributed by atoms with Gasteiger partial charge in [-0.1, -0.05) is 53.6 Å². The van der Waals surface area contributed by atoms with Crippen molar-refractivity contribution in [3.05, 3.63) is 70.2 Å². The number of amides is 2. The number of nitrogens with one attached hydrogen (secondary N) is 2. The summed E-state index contributed by atoms with van der Waals surface area (Å²) in [6.45, 7) is 3.01. The fraction of sp³-hybridized carbons (Fsp3) is 0.188. The van der Waals surface area contributed by atoms with Gasteiger partial charge in [0.05, 0.1) is 0 Å². The number of aryl methyl sites for hydroxylation is 1. The normalized spacial score (nSPS) is 10.1. The molecule has 0 fully saturated rings. The van der Waals surface area contributed by atoms with Crippen LogP contribution < -0.4 is 10.6 Å². The lowest BCUT2D eigenvalue weighted by molar-refractivity contribution is 0.240. The first-order valence-electron chi connectivity index (χ1n) is 6.45. The minimum absolute atomic E-state index is 0.188. The lowest BCUT2D eigenvalue weighted by Crippen LogP contribution is -2.34. The largest absolute Gasteiger partial charge is 0.334 e. The molecule has 0 aliphatic rings. The molecule has 20 heavy (non-hydrogen) atoms. The summed E-state index contributed by atoms with van der Waals surface area (Å²) in [6, 6.07) is 15.3. The third kappa shape index (κ3) is 4.59. The highest BCUT2D eigenvalue weighted by atomic mass is 35.5. The van der Waals surface area contributed by atoms with E-state index < -0.39 is 0 Å². The van der Waals surface area contributed by atoms with Crippen molar-refractivity contribution in [2.24, 2.45) is 0 Å². The molecule has 0 spiro atoms. The molecule has 2 rings (SSSR count). The van der Waals surface area contributed by atoms with E-state index in [0.29, 0.717) is 18.1 Å². The topological polar surface area (TPSA) is 41.1 Å². The molecule has 0 unspecified atom stereocenters. The summed E-state index contributed by atoms with van der Waals surface area (Å²) in [7, 11) is 0. The van der Waals surface area contributed by atoms with E-state index in [1.807, 2.05) is 49.4 Å². The molecule has 0 heterocycles. The number of hydrogen-bond acceptors (Lipinski definition) is 1. The van der Waals surface area contributed by atoms with Gasteiger partial charge in [0.1, 0.15) is 0 Å². The number of carbonyl (C=O) groups is 1. The van der Waals surface area contributed by atoms with Crippen LogP contribution in [0.25, 0.3) is 0 Å². The van der Waals surface area contributed by atoms with Crippen LogP contribution in [0.3, 0.4) is 0 Å². The van der Waals surface area contributed by atoms with Gasteiger partial charge in [-0.05, 0) is 30.2 Å². The van der Waals surface area contributed by atoms with Crippen LogP contribution in [0.15, 0.2) is 48.5 Å². The molecule has 4 heteroatoms. The Labute approximate surface area is 124 Å². The zero-order valence-corrected chi connectivity index (χ0v) is 12.1. The van der Waals surface area contributed by atoms with Crippen molar-refractivity contribution in [3.8, 4) is 0 Å². The second-order valence-corrected chi connectivity index (χ2v) is 5.09. The van der Waals surface area contributed by atoms with Crippen LogP contribution >= 0.6 is 11.6 Å². The molecule has 2 N–H and O–H groups in total. The molecule has 104 valence electrons. The molecule has 0 aromatic heterocycles. The number of carbonyl (C=O) groups excluding carboxylic acids is 1. The fourth-order valence-electron chi connectivity index (χ4n) is 1.90. The molecule has 3 nitrogen and oxygen atoms in total. The Morgan fingerprint density at radius 3 is 2.20 bits per heavy atom. The van der Waals surface area contributed by atoms with Gasteiger partial charge in [0.15, 0.2) is 0 Å². The van der Waals surface area contributed by atoms with Gasteiger partial charge in [-0.25, -0.2) is 4.79 Å². The van der Waals surface area contributed by atoms with E-state index in [-0.39, 0.29) is 6.03 Å². The highest BCUT2D eigenvalue weighted by Crippen LogP contribution is 2.10. The molecular weight excluding hydrogens is 272 g/mol. The first-order chi connectivity index (χ1) is 9.63. The smallest absolute Gasteiger partial charge is 0.315 e. The molecule has 2 amide bonds. The second-order valence-electron chi connectivity index (χ2n) is 4.66. The minimum atomic E-state index is -0.188. The van der Waals surface area contributed by atoms with Crippen molar-refractivity contribution in [1.82, 2.24) is 10.6 Å². The predicted octanol–water partition coefficient (Wildman–Crippen LogP) is 3.65. The molecule has 0 aliphatic heterocycles. The van der Waals surface area contributed by atoms with Crippen LogP contribution in [0.5, 0.6) is 0 Å². The number of benzene rings is 2. The average molecular weight is 289 g/mol. The molecule has 0 saturated carbocycles. The summed E-state index contributed by atoms with van der Waals surface area (Å²) in [4.78, 5) is 11.7. The third-order valence-electron chi connectivity index (χ3n) is 2.88. The Hall–Kier alpha value is -2.00. The molecule has 0 saturated heterocycles. The Morgan fingerprint density at radius 1 is 1.00 bits per heavy atom. The van der Waals surface area contributed by atoms with Crippen molar-refractivity contribution >= 4 is 17.6 Å². The zero-order valence-electron chi connectivity index (χ0n) is 11.3. The SMILES string of the molecule is Cc1cccc(CNC(=O)NCc2cccc(Cl)c2)c1. The second kappa shape index (κ2) is 6.96. The highest BCUT2D eigenvalue weighted by molar-refractivity contribution is 6.30. The van der Waals surface area contributed by atoms with Gasteiger partial charge in [0.25, 0.3) is 0 Å². The molecule has 2 aromatic rings. The van der Waals surface area contributed by atoms with Crippen LogP contribution in [0.2, 0.25) is 5.02 Å². The van der Waals surface area contributed by atoms with Gasteiger partial charge in [-0.3, -0.25) is 0 Å². The van der Waals surface area contributed by atoms with E-state index in [1.54, 1.807) is 0 Å². The van der Waals surface area contributed by atoms with Crippen molar-refractivity contribution < 1.29 is 4.79 Å². The first-order valence-corrected chi connectivity index (χ1v) is 6.83. The zero-order chi connectivity index (χ0) is 14.4. The van der Waals surface area contributed by atoms with Crippen molar-refractivity contribution in [2.45, 2.75) is 20.0 Å².